The number of ether oxygens (including phenoxy) is 2. The van der Waals surface area contributed by atoms with Crippen molar-refractivity contribution < 1.29 is 28.2 Å². The van der Waals surface area contributed by atoms with E-state index in [9.17, 15) is 9.90 Å². The zero-order chi connectivity index (χ0) is 36.5. The van der Waals surface area contributed by atoms with Crippen molar-refractivity contribution in [1.29, 1.82) is 0 Å². The van der Waals surface area contributed by atoms with Crippen LogP contribution in [0.4, 0.5) is 8.78 Å². The molecule has 2 saturated heterocycles. The van der Waals surface area contributed by atoms with E-state index >= 15 is 8.78 Å². The predicted octanol–water partition coefficient (Wildman–Crippen LogP) is 3.02. The van der Waals surface area contributed by atoms with Crippen LogP contribution in [0.2, 0.25) is 0 Å². The van der Waals surface area contributed by atoms with Crippen molar-refractivity contribution in [2.75, 3.05) is 85.5 Å². The molecule has 0 radical (unpaired) electrons. The molecule has 284 valence electrons. The van der Waals surface area contributed by atoms with E-state index in [2.05, 4.69) is 50.6 Å². The van der Waals surface area contributed by atoms with Crippen molar-refractivity contribution >= 4 is 11.6 Å². The van der Waals surface area contributed by atoms with E-state index in [0.717, 1.165) is 83.3 Å². The van der Waals surface area contributed by atoms with Gasteiger partial charge in [-0.3, -0.25) is 20.0 Å². The largest absolute Gasteiger partial charge is 0.491 e. The molecular formula is C40H51F2N7O4. The number of hydrogen-bond donors (Lipinski definition) is 4. The molecule has 0 aromatic rings. The monoisotopic (exact) mass is 731 g/mol. The van der Waals surface area contributed by atoms with Crippen LogP contribution in [0.5, 0.6) is 0 Å². The summed E-state index contributed by atoms with van der Waals surface area (Å²) in [4.78, 5) is 25.3. The SMILES string of the molecule is C=CC1=C(/C(F)=C\CC2CC2)C(=O)N(C2=CC(F)=C[C@@H](C3=NCNC4NC(C5=CC=C(CN6CCN(CC7COC7)CC6)CN5)=C[C@H]34)C2CO)CCO1. The number of aliphatic imine (C=N–C) groups is 1. The number of piperazine rings is 1. The molecule has 8 aliphatic rings. The Morgan fingerprint density at radius 1 is 1.06 bits per heavy atom. The van der Waals surface area contributed by atoms with Gasteiger partial charge >= 0.3 is 0 Å². The fraction of sp³-hybridized carbons (Fsp3) is 0.550. The second kappa shape index (κ2) is 15.8. The summed E-state index contributed by atoms with van der Waals surface area (Å²) in [5, 5.41) is 21.5. The third-order valence-corrected chi connectivity index (χ3v) is 11.6. The quantitative estimate of drug-likeness (QED) is 0.241. The van der Waals surface area contributed by atoms with Crippen LogP contribution >= 0.6 is 0 Å². The van der Waals surface area contributed by atoms with Crippen molar-refractivity contribution in [2.24, 2.45) is 34.6 Å². The molecule has 0 bridgehead atoms. The van der Waals surface area contributed by atoms with Gasteiger partial charge in [0.25, 0.3) is 5.91 Å². The van der Waals surface area contributed by atoms with Gasteiger partial charge in [-0.25, -0.2) is 8.78 Å². The summed E-state index contributed by atoms with van der Waals surface area (Å²) < 4.78 is 42.4. The second-order valence-corrected chi connectivity index (χ2v) is 15.3. The Morgan fingerprint density at radius 3 is 2.57 bits per heavy atom. The number of aliphatic hydroxyl groups is 1. The molecule has 0 aromatic heterocycles. The van der Waals surface area contributed by atoms with Gasteiger partial charge in [0, 0.05) is 75.0 Å². The molecule has 4 N–H and O–H groups in total. The van der Waals surface area contributed by atoms with Crippen LogP contribution < -0.4 is 16.0 Å². The molecule has 13 heteroatoms. The molecule has 0 spiro atoms. The number of rotatable bonds is 12. The number of carbonyl (C=O) groups excluding carboxylic acids is 1. The average molecular weight is 732 g/mol. The number of fused-ring (bicyclic) bond motifs is 1. The van der Waals surface area contributed by atoms with Gasteiger partial charge in [-0.05, 0) is 67.2 Å². The van der Waals surface area contributed by atoms with Crippen LogP contribution in [0.1, 0.15) is 19.3 Å². The fourth-order valence-corrected chi connectivity index (χ4v) is 8.40. The summed E-state index contributed by atoms with van der Waals surface area (Å²) >= 11 is 0. The first kappa shape index (κ1) is 36.1. The number of halogens is 2. The summed E-state index contributed by atoms with van der Waals surface area (Å²) in [6.45, 7) is 12.8. The average Bonchev–Trinajstić information content (AvgIpc) is 3.91. The first-order valence-corrected chi connectivity index (χ1v) is 19.2. The topological polar surface area (TPSA) is 114 Å². The number of amides is 1. The maximum absolute atomic E-state index is 15.6. The minimum absolute atomic E-state index is 0.0609. The van der Waals surface area contributed by atoms with Crippen molar-refractivity contribution in [3.05, 3.63) is 94.8 Å². The van der Waals surface area contributed by atoms with E-state index in [1.54, 1.807) is 0 Å². The van der Waals surface area contributed by atoms with Crippen molar-refractivity contribution in [1.82, 2.24) is 30.7 Å². The molecule has 1 amide bonds. The van der Waals surface area contributed by atoms with Gasteiger partial charge in [0.1, 0.15) is 29.6 Å². The van der Waals surface area contributed by atoms with E-state index in [-0.39, 0.29) is 48.9 Å². The molecule has 1 saturated carbocycles. The minimum Gasteiger partial charge on any atom is -0.491 e. The van der Waals surface area contributed by atoms with E-state index in [1.807, 2.05) is 0 Å². The molecule has 53 heavy (non-hydrogen) atoms. The van der Waals surface area contributed by atoms with E-state index in [4.69, 9.17) is 14.5 Å². The van der Waals surface area contributed by atoms with Crippen molar-refractivity contribution in [3.63, 3.8) is 0 Å². The molecule has 2 unspecified atom stereocenters. The Balaban J connectivity index is 0.960. The van der Waals surface area contributed by atoms with Gasteiger partial charge in [-0.2, -0.15) is 0 Å². The zero-order valence-corrected chi connectivity index (χ0v) is 30.2. The Labute approximate surface area is 310 Å². The highest BCUT2D eigenvalue weighted by Crippen LogP contribution is 2.40. The number of hydrogen-bond acceptors (Lipinski definition) is 10. The highest BCUT2D eigenvalue weighted by Gasteiger charge is 2.44. The number of dihydropyridines is 1. The lowest BCUT2D eigenvalue weighted by atomic mass is 9.76. The number of allylic oxidation sites excluding steroid dienone is 7. The maximum Gasteiger partial charge on any atom is 0.264 e. The molecule has 0 aromatic carbocycles. The smallest absolute Gasteiger partial charge is 0.264 e. The summed E-state index contributed by atoms with van der Waals surface area (Å²) in [5.41, 5.74) is 4.01. The van der Waals surface area contributed by atoms with E-state index in [0.29, 0.717) is 30.6 Å². The zero-order valence-electron chi connectivity index (χ0n) is 30.2. The normalized spacial score (nSPS) is 30.4. The lowest BCUT2D eigenvalue weighted by Gasteiger charge is -2.38. The van der Waals surface area contributed by atoms with Crippen molar-refractivity contribution in [3.8, 4) is 0 Å². The third-order valence-electron chi connectivity index (χ3n) is 11.6. The molecule has 3 fully saturated rings. The van der Waals surface area contributed by atoms with Crippen LogP contribution in [-0.4, -0.2) is 123 Å². The molecule has 11 nitrogen and oxygen atoms in total. The number of carbonyl (C=O) groups is 1. The molecule has 6 aliphatic heterocycles. The van der Waals surface area contributed by atoms with Gasteiger partial charge < -0.3 is 35.0 Å². The minimum atomic E-state index is -0.690. The molecule has 8 rings (SSSR count). The fourth-order valence-electron chi connectivity index (χ4n) is 8.40. The summed E-state index contributed by atoms with van der Waals surface area (Å²) in [7, 11) is 0. The standard InChI is InChI=1S/C40H51F2N7O4/c1-2-36-37(32(42)7-5-25-3-4-25)40(51)49(13-14-53-36)35-16-28(41)15-29(31(35)21-50)38-30-17-34(46-39(30)45-24-44-38)33-8-6-26(18-43-33)19-47-9-11-48(12-10-47)20-27-22-52-23-27/h2,6-8,15-17,25,27,29-31,39,43,45-46,50H,1,3-5,9-14,18-24H2/b32-7+/t29-,30-,31?,39?/m1/s1. The molecule has 2 aliphatic carbocycles. The Hall–Kier alpha value is -3.88. The summed E-state index contributed by atoms with van der Waals surface area (Å²) in [5.74, 6) is -2.22. The Kier molecular flexibility index (Phi) is 10.8. The summed E-state index contributed by atoms with van der Waals surface area (Å²) in [6, 6.07) is 0. The number of nitrogens with one attached hydrogen (secondary N) is 3. The van der Waals surface area contributed by atoms with Crippen LogP contribution in [0.3, 0.4) is 0 Å². The second-order valence-electron chi connectivity index (χ2n) is 15.3. The lowest BCUT2D eigenvalue weighted by Crippen LogP contribution is -2.52. The van der Waals surface area contributed by atoms with Gasteiger partial charge in [0.2, 0.25) is 0 Å². The Morgan fingerprint density at radius 2 is 1.87 bits per heavy atom. The lowest BCUT2D eigenvalue weighted by molar-refractivity contribution is -0.125. The first-order chi connectivity index (χ1) is 25.9. The van der Waals surface area contributed by atoms with Crippen LogP contribution in [0.25, 0.3) is 0 Å². The first-order valence-electron chi connectivity index (χ1n) is 19.2. The van der Waals surface area contributed by atoms with Gasteiger partial charge in [0.15, 0.2) is 0 Å². The third kappa shape index (κ3) is 7.86. The van der Waals surface area contributed by atoms with Gasteiger partial charge in [-0.1, -0.05) is 12.7 Å². The molecular weight excluding hydrogens is 680 g/mol. The van der Waals surface area contributed by atoms with Gasteiger partial charge in [0.05, 0.1) is 56.5 Å². The number of aliphatic hydroxyl groups excluding tert-OH is 1. The van der Waals surface area contributed by atoms with Gasteiger partial charge in [-0.15, -0.1) is 0 Å². The summed E-state index contributed by atoms with van der Waals surface area (Å²) in [6.07, 6.45) is 14.4. The highest BCUT2D eigenvalue weighted by atomic mass is 19.1. The molecule has 4 atom stereocenters. The van der Waals surface area contributed by atoms with Crippen LogP contribution in [-0.2, 0) is 14.3 Å². The van der Waals surface area contributed by atoms with Crippen LogP contribution in [0.15, 0.2) is 99.8 Å². The highest BCUT2D eigenvalue weighted by molar-refractivity contribution is 6.00. The van der Waals surface area contributed by atoms with Crippen molar-refractivity contribution in [2.45, 2.75) is 25.4 Å². The maximum atomic E-state index is 15.6. The predicted molar refractivity (Wildman–Crippen MR) is 198 cm³/mol. The Bertz CT molecular complexity index is 1710. The number of nitrogens with zero attached hydrogens (tertiary/aromatic N) is 4. The molecule has 6 heterocycles. The van der Waals surface area contributed by atoms with Crippen LogP contribution in [0, 0.1) is 29.6 Å². The van der Waals surface area contributed by atoms with E-state index < -0.39 is 29.4 Å². The van der Waals surface area contributed by atoms with E-state index in [1.165, 1.54) is 34.8 Å².